The summed E-state index contributed by atoms with van der Waals surface area (Å²) in [5.74, 6) is 0. The van der Waals surface area contributed by atoms with E-state index in [-0.39, 0.29) is 5.56 Å². The van der Waals surface area contributed by atoms with Gasteiger partial charge in [-0.1, -0.05) is 0 Å². The topological polar surface area (TPSA) is 24.9 Å². The summed E-state index contributed by atoms with van der Waals surface area (Å²) in [6, 6.07) is 0.275. The number of aromatic nitrogens is 1. The molecule has 0 bridgehead atoms. The Kier molecular flexibility index (Phi) is 3.33. The van der Waals surface area contributed by atoms with Gasteiger partial charge in [-0.15, -0.1) is 0 Å². The van der Waals surface area contributed by atoms with Crippen LogP contribution in [0.15, 0.2) is 18.5 Å². The van der Waals surface area contributed by atoms with Gasteiger partial charge in [-0.05, 0) is 25.5 Å². The first-order valence-electron chi connectivity index (χ1n) is 5.38. The van der Waals surface area contributed by atoms with Crippen molar-refractivity contribution in [1.29, 1.82) is 0 Å². The van der Waals surface area contributed by atoms with Gasteiger partial charge in [0.05, 0.1) is 5.56 Å². The molecule has 1 aliphatic rings. The number of pyridine rings is 1. The number of halogens is 4. The molecule has 1 fully saturated rings. The van der Waals surface area contributed by atoms with Gasteiger partial charge < -0.3 is 5.32 Å². The molecule has 2 nitrogen and oxygen atoms in total. The summed E-state index contributed by atoms with van der Waals surface area (Å²) in [6.07, 6.45) is -2.88. The lowest BCUT2D eigenvalue weighted by molar-refractivity contribution is -0.139. The number of alkyl halides is 4. The van der Waals surface area contributed by atoms with E-state index < -0.39 is 24.0 Å². The Balaban J connectivity index is 2.31. The van der Waals surface area contributed by atoms with Crippen molar-refractivity contribution >= 4 is 0 Å². The number of hydrogen-bond donors (Lipinski definition) is 1. The summed E-state index contributed by atoms with van der Waals surface area (Å²) in [5, 5.41) is 2.86. The van der Waals surface area contributed by atoms with Crippen molar-refractivity contribution in [3.8, 4) is 0 Å². The molecule has 1 aliphatic heterocycles. The second-order valence-corrected chi connectivity index (χ2v) is 4.07. The summed E-state index contributed by atoms with van der Waals surface area (Å²) in [7, 11) is 0. The fourth-order valence-corrected chi connectivity index (χ4v) is 2.06. The van der Waals surface area contributed by atoms with Crippen LogP contribution in [0.5, 0.6) is 0 Å². The van der Waals surface area contributed by atoms with E-state index in [4.69, 9.17) is 0 Å². The monoisotopic (exact) mass is 248 g/mol. The number of nitrogens with one attached hydrogen (secondary N) is 1. The Bertz CT molecular complexity index is 385. The molecule has 1 aromatic heterocycles. The van der Waals surface area contributed by atoms with E-state index in [1.54, 1.807) is 0 Å². The van der Waals surface area contributed by atoms with Crippen LogP contribution in [-0.4, -0.2) is 17.6 Å². The summed E-state index contributed by atoms with van der Waals surface area (Å²) in [5.41, 5.74) is -1.31. The van der Waals surface area contributed by atoms with Crippen molar-refractivity contribution in [3.05, 3.63) is 29.6 Å². The quantitative estimate of drug-likeness (QED) is 0.814. The average Bonchev–Trinajstić information content (AvgIpc) is 2.80. The zero-order valence-corrected chi connectivity index (χ0v) is 8.97. The highest BCUT2D eigenvalue weighted by molar-refractivity contribution is 5.29. The van der Waals surface area contributed by atoms with Crippen molar-refractivity contribution in [2.45, 2.75) is 31.2 Å². The lowest BCUT2D eigenvalue weighted by Crippen LogP contribution is -2.28. The van der Waals surface area contributed by atoms with E-state index in [1.165, 1.54) is 0 Å². The molecule has 17 heavy (non-hydrogen) atoms. The first-order chi connectivity index (χ1) is 8.00. The molecule has 0 aromatic carbocycles. The molecule has 1 aromatic rings. The van der Waals surface area contributed by atoms with Gasteiger partial charge >= 0.3 is 6.18 Å². The maximum atomic E-state index is 14.0. The Labute approximate surface area is 96.0 Å². The SMILES string of the molecule is FC(c1cnccc1C(F)(F)F)C1CCCN1. The van der Waals surface area contributed by atoms with Crippen LogP contribution in [-0.2, 0) is 6.18 Å². The zero-order chi connectivity index (χ0) is 12.5. The van der Waals surface area contributed by atoms with Crippen molar-refractivity contribution in [2.24, 2.45) is 0 Å². The van der Waals surface area contributed by atoms with Crippen molar-refractivity contribution in [3.63, 3.8) is 0 Å². The molecule has 1 N–H and O–H groups in total. The summed E-state index contributed by atoms with van der Waals surface area (Å²) >= 11 is 0. The molecule has 2 unspecified atom stereocenters. The van der Waals surface area contributed by atoms with Crippen LogP contribution in [0.2, 0.25) is 0 Å². The predicted octanol–water partition coefficient (Wildman–Crippen LogP) is 2.86. The summed E-state index contributed by atoms with van der Waals surface area (Å²) in [4.78, 5) is 3.58. The Hall–Kier alpha value is -1.17. The molecule has 0 saturated carbocycles. The lowest BCUT2D eigenvalue weighted by atomic mass is 9.99. The molecule has 0 radical (unpaired) electrons. The maximum Gasteiger partial charge on any atom is 0.416 e. The van der Waals surface area contributed by atoms with E-state index in [1.807, 2.05) is 0 Å². The maximum absolute atomic E-state index is 14.0. The number of hydrogen-bond acceptors (Lipinski definition) is 2. The van der Waals surface area contributed by atoms with Crippen LogP contribution in [0.1, 0.15) is 30.1 Å². The summed E-state index contributed by atoms with van der Waals surface area (Å²) in [6.45, 7) is 0.646. The molecule has 0 spiro atoms. The van der Waals surface area contributed by atoms with Gasteiger partial charge in [0.1, 0.15) is 6.17 Å². The van der Waals surface area contributed by atoms with Gasteiger partial charge in [-0.25, -0.2) is 4.39 Å². The van der Waals surface area contributed by atoms with Crippen molar-refractivity contribution in [1.82, 2.24) is 10.3 Å². The molecule has 1 saturated heterocycles. The largest absolute Gasteiger partial charge is 0.416 e. The second kappa shape index (κ2) is 4.60. The van der Waals surface area contributed by atoms with Crippen molar-refractivity contribution in [2.75, 3.05) is 6.54 Å². The number of rotatable bonds is 2. The zero-order valence-electron chi connectivity index (χ0n) is 8.97. The smallest absolute Gasteiger partial charge is 0.311 e. The third-order valence-corrected chi connectivity index (χ3v) is 2.91. The lowest BCUT2D eigenvalue weighted by Gasteiger charge is -2.19. The van der Waals surface area contributed by atoms with Crippen LogP contribution in [0.25, 0.3) is 0 Å². The van der Waals surface area contributed by atoms with Gasteiger partial charge in [0.25, 0.3) is 0 Å². The molecular weight excluding hydrogens is 236 g/mol. The second-order valence-electron chi connectivity index (χ2n) is 4.07. The third kappa shape index (κ3) is 2.57. The van der Waals surface area contributed by atoms with Gasteiger partial charge in [-0.2, -0.15) is 13.2 Å². The molecule has 2 heterocycles. The van der Waals surface area contributed by atoms with Gasteiger partial charge in [0.15, 0.2) is 0 Å². The number of nitrogens with zero attached hydrogens (tertiary/aromatic N) is 1. The van der Waals surface area contributed by atoms with Crippen LogP contribution in [0.4, 0.5) is 17.6 Å². The Morgan fingerprint density at radius 3 is 2.76 bits per heavy atom. The average molecular weight is 248 g/mol. The van der Waals surface area contributed by atoms with Crippen LogP contribution < -0.4 is 5.32 Å². The summed E-state index contributed by atoms with van der Waals surface area (Å²) < 4.78 is 52.1. The van der Waals surface area contributed by atoms with Crippen LogP contribution >= 0.6 is 0 Å². The van der Waals surface area contributed by atoms with Crippen molar-refractivity contribution < 1.29 is 17.6 Å². The molecule has 0 aliphatic carbocycles. The third-order valence-electron chi connectivity index (χ3n) is 2.91. The highest BCUT2D eigenvalue weighted by Gasteiger charge is 2.37. The molecular formula is C11H12F4N2. The highest BCUT2D eigenvalue weighted by Crippen LogP contribution is 2.37. The van der Waals surface area contributed by atoms with Gasteiger partial charge in [0.2, 0.25) is 0 Å². The van der Waals surface area contributed by atoms with E-state index in [9.17, 15) is 17.6 Å². The fraction of sp³-hybridized carbons (Fsp3) is 0.545. The molecule has 2 atom stereocenters. The molecule has 0 amide bonds. The molecule has 2 rings (SSSR count). The van der Waals surface area contributed by atoms with Gasteiger partial charge in [0, 0.05) is 24.0 Å². The normalized spacial score (nSPS) is 22.7. The fourth-order valence-electron chi connectivity index (χ4n) is 2.06. The standard InChI is InChI=1S/C11H12F4N2/c12-10(9-2-1-4-17-9)7-6-16-5-3-8(7)11(13,14)15/h3,5-6,9-10,17H,1-2,4H2. The molecule has 94 valence electrons. The van der Waals surface area contributed by atoms with E-state index >= 15 is 0 Å². The molecule has 6 heteroatoms. The highest BCUT2D eigenvalue weighted by atomic mass is 19.4. The minimum atomic E-state index is -4.54. The van der Waals surface area contributed by atoms with E-state index in [0.717, 1.165) is 24.9 Å². The predicted molar refractivity (Wildman–Crippen MR) is 54.1 cm³/mol. The Morgan fingerprint density at radius 1 is 1.41 bits per heavy atom. The first kappa shape index (κ1) is 12.3. The van der Waals surface area contributed by atoms with Crippen LogP contribution in [0, 0.1) is 0 Å². The first-order valence-corrected chi connectivity index (χ1v) is 5.38. The van der Waals surface area contributed by atoms with Gasteiger partial charge in [-0.3, -0.25) is 4.98 Å². The minimum Gasteiger partial charge on any atom is -0.311 e. The van der Waals surface area contributed by atoms with E-state index in [2.05, 4.69) is 10.3 Å². The Morgan fingerprint density at radius 2 is 2.18 bits per heavy atom. The minimum absolute atomic E-state index is 0.376. The van der Waals surface area contributed by atoms with Crippen LogP contribution in [0.3, 0.4) is 0 Å². The van der Waals surface area contributed by atoms with E-state index in [0.29, 0.717) is 13.0 Å².